The SMILES string of the molecule is CCOC(=O)C[C@@H]1COCCN1Cc1cn[nH]c1-c1cccc2ccccc12. The average molecular weight is 379 g/mol. The number of hydrogen-bond acceptors (Lipinski definition) is 5. The Morgan fingerprint density at radius 2 is 2.14 bits per heavy atom. The molecule has 1 N–H and O–H groups in total. The molecule has 0 unspecified atom stereocenters. The van der Waals surface area contributed by atoms with Gasteiger partial charge in [0, 0.05) is 30.3 Å². The van der Waals surface area contributed by atoms with Gasteiger partial charge in [0.05, 0.1) is 38.1 Å². The molecule has 1 aliphatic rings. The van der Waals surface area contributed by atoms with Crippen molar-refractivity contribution in [2.45, 2.75) is 25.9 Å². The van der Waals surface area contributed by atoms with Crippen molar-refractivity contribution in [3.05, 3.63) is 54.2 Å². The van der Waals surface area contributed by atoms with Crippen LogP contribution >= 0.6 is 0 Å². The maximum atomic E-state index is 12.0. The monoisotopic (exact) mass is 379 g/mol. The van der Waals surface area contributed by atoms with E-state index in [-0.39, 0.29) is 12.0 Å². The van der Waals surface area contributed by atoms with Crippen LogP contribution in [0.25, 0.3) is 22.0 Å². The summed E-state index contributed by atoms with van der Waals surface area (Å²) in [6.07, 6.45) is 2.23. The molecule has 146 valence electrons. The molecule has 0 spiro atoms. The molecule has 0 saturated carbocycles. The van der Waals surface area contributed by atoms with Gasteiger partial charge in [0.2, 0.25) is 0 Å². The van der Waals surface area contributed by atoms with E-state index in [1.54, 1.807) is 0 Å². The summed E-state index contributed by atoms with van der Waals surface area (Å²) < 4.78 is 10.7. The third-order valence-corrected chi connectivity index (χ3v) is 5.21. The van der Waals surface area contributed by atoms with Crippen molar-refractivity contribution in [3.8, 4) is 11.3 Å². The van der Waals surface area contributed by atoms with E-state index in [1.807, 2.05) is 19.2 Å². The molecule has 1 aromatic heterocycles. The van der Waals surface area contributed by atoms with E-state index in [4.69, 9.17) is 9.47 Å². The molecular formula is C22H25N3O3. The molecule has 0 bridgehead atoms. The first kappa shape index (κ1) is 18.7. The minimum Gasteiger partial charge on any atom is -0.466 e. The van der Waals surface area contributed by atoms with Crippen LogP contribution < -0.4 is 0 Å². The van der Waals surface area contributed by atoms with Crippen LogP contribution in [0.1, 0.15) is 18.9 Å². The summed E-state index contributed by atoms with van der Waals surface area (Å²) in [6, 6.07) is 14.7. The number of nitrogens with one attached hydrogen (secondary N) is 1. The van der Waals surface area contributed by atoms with E-state index in [2.05, 4.69) is 51.5 Å². The molecule has 0 amide bonds. The fourth-order valence-electron chi connectivity index (χ4n) is 3.82. The number of carbonyl (C=O) groups is 1. The summed E-state index contributed by atoms with van der Waals surface area (Å²) in [5, 5.41) is 9.89. The number of esters is 1. The number of fused-ring (bicyclic) bond motifs is 1. The van der Waals surface area contributed by atoms with Crippen molar-refractivity contribution in [1.29, 1.82) is 0 Å². The first-order valence-corrected chi connectivity index (χ1v) is 9.74. The van der Waals surface area contributed by atoms with E-state index >= 15 is 0 Å². The minimum atomic E-state index is -0.176. The summed E-state index contributed by atoms with van der Waals surface area (Å²) >= 11 is 0. The number of rotatable bonds is 6. The van der Waals surface area contributed by atoms with Crippen molar-refractivity contribution in [1.82, 2.24) is 15.1 Å². The number of aromatic amines is 1. The van der Waals surface area contributed by atoms with Crippen LogP contribution in [0.15, 0.2) is 48.7 Å². The van der Waals surface area contributed by atoms with Gasteiger partial charge in [-0.25, -0.2) is 0 Å². The molecule has 0 aliphatic carbocycles. The Morgan fingerprint density at radius 3 is 3.04 bits per heavy atom. The highest BCUT2D eigenvalue weighted by Gasteiger charge is 2.27. The summed E-state index contributed by atoms with van der Waals surface area (Å²) in [6.45, 7) is 4.93. The third-order valence-electron chi connectivity index (χ3n) is 5.21. The van der Waals surface area contributed by atoms with Gasteiger partial charge in [-0.05, 0) is 17.7 Å². The molecule has 3 aromatic rings. The highest BCUT2D eigenvalue weighted by atomic mass is 16.5. The number of aromatic nitrogens is 2. The van der Waals surface area contributed by atoms with Crippen LogP contribution in [0.3, 0.4) is 0 Å². The van der Waals surface area contributed by atoms with Crippen LogP contribution in [0.2, 0.25) is 0 Å². The topological polar surface area (TPSA) is 67.5 Å². The lowest BCUT2D eigenvalue weighted by molar-refractivity contribution is -0.146. The lowest BCUT2D eigenvalue weighted by Gasteiger charge is -2.35. The zero-order chi connectivity index (χ0) is 19.3. The molecule has 1 fully saturated rings. The van der Waals surface area contributed by atoms with Crippen molar-refractivity contribution < 1.29 is 14.3 Å². The van der Waals surface area contributed by atoms with E-state index in [0.29, 0.717) is 32.8 Å². The second-order valence-electron chi connectivity index (χ2n) is 7.01. The zero-order valence-corrected chi connectivity index (χ0v) is 16.1. The Kier molecular flexibility index (Phi) is 5.69. The van der Waals surface area contributed by atoms with Crippen molar-refractivity contribution in [2.75, 3.05) is 26.4 Å². The van der Waals surface area contributed by atoms with Gasteiger partial charge in [-0.15, -0.1) is 0 Å². The Balaban J connectivity index is 1.59. The molecule has 2 heterocycles. The number of hydrogen-bond donors (Lipinski definition) is 1. The number of H-pyrrole nitrogens is 1. The van der Waals surface area contributed by atoms with Gasteiger partial charge in [0.25, 0.3) is 0 Å². The first-order valence-electron chi connectivity index (χ1n) is 9.74. The fourth-order valence-corrected chi connectivity index (χ4v) is 3.82. The molecule has 2 aromatic carbocycles. The summed E-state index contributed by atoms with van der Waals surface area (Å²) in [5.41, 5.74) is 3.28. The Morgan fingerprint density at radius 1 is 1.29 bits per heavy atom. The fraction of sp³-hybridized carbons (Fsp3) is 0.364. The quantitative estimate of drug-likeness (QED) is 0.665. The van der Waals surface area contributed by atoms with Crippen LogP contribution in [-0.4, -0.2) is 53.5 Å². The van der Waals surface area contributed by atoms with Gasteiger partial charge in [0.1, 0.15) is 0 Å². The van der Waals surface area contributed by atoms with Crippen LogP contribution in [-0.2, 0) is 20.8 Å². The zero-order valence-electron chi connectivity index (χ0n) is 16.1. The second-order valence-corrected chi connectivity index (χ2v) is 7.01. The Bertz CT molecular complexity index is 948. The Hall–Kier alpha value is -2.70. The molecule has 1 aliphatic heterocycles. The summed E-state index contributed by atoms with van der Waals surface area (Å²) in [7, 11) is 0. The molecule has 0 radical (unpaired) electrons. The largest absolute Gasteiger partial charge is 0.466 e. The van der Waals surface area contributed by atoms with E-state index < -0.39 is 0 Å². The van der Waals surface area contributed by atoms with E-state index in [1.165, 1.54) is 10.8 Å². The highest BCUT2D eigenvalue weighted by molar-refractivity contribution is 5.96. The molecule has 1 atom stereocenters. The number of morpholine rings is 1. The van der Waals surface area contributed by atoms with Gasteiger partial charge in [-0.3, -0.25) is 14.8 Å². The molecule has 1 saturated heterocycles. The van der Waals surface area contributed by atoms with E-state index in [0.717, 1.165) is 23.4 Å². The third kappa shape index (κ3) is 3.93. The molecule has 4 rings (SSSR count). The molecular weight excluding hydrogens is 354 g/mol. The van der Waals surface area contributed by atoms with Gasteiger partial charge in [0.15, 0.2) is 0 Å². The van der Waals surface area contributed by atoms with Gasteiger partial charge < -0.3 is 9.47 Å². The smallest absolute Gasteiger partial charge is 0.307 e. The van der Waals surface area contributed by atoms with E-state index in [9.17, 15) is 4.79 Å². The minimum absolute atomic E-state index is 0.0167. The number of benzene rings is 2. The van der Waals surface area contributed by atoms with Crippen molar-refractivity contribution in [3.63, 3.8) is 0 Å². The predicted molar refractivity (Wildman–Crippen MR) is 108 cm³/mol. The lowest BCUT2D eigenvalue weighted by Crippen LogP contribution is -2.46. The first-order chi connectivity index (χ1) is 13.8. The molecule has 6 nitrogen and oxygen atoms in total. The van der Waals surface area contributed by atoms with Gasteiger partial charge in [-0.1, -0.05) is 42.5 Å². The second kappa shape index (κ2) is 8.54. The predicted octanol–water partition coefficient (Wildman–Crippen LogP) is 3.38. The van der Waals surface area contributed by atoms with Gasteiger partial charge >= 0.3 is 5.97 Å². The van der Waals surface area contributed by atoms with Crippen LogP contribution in [0.5, 0.6) is 0 Å². The highest BCUT2D eigenvalue weighted by Crippen LogP contribution is 2.30. The average Bonchev–Trinajstić information content (AvgIpc) is 3.17. The van der Waals surface area contributed by atoms with Crippen molar-refractivity contribution in [2.24, 2.45) is 0 Å². The Labute approximate surface area is 164 Å². The maximum absolute atomic E-state index is 12.0. The number of nitrogens with zero attached hydrogens (tertiary/aromatic N) is 2. The molecule has 6 heteroatoms. The van der Waals surface area contributed by atoms with Gasteiger partial charge in [-0.2, -0.15) is 5.10 Å². The summed E-state index contributed by atoms with van der Waals surface area (Å²) in [5.74, 6) is -0.176. The standard InChI is InChI=1S/C22H25N3O3/c1-2-28-21(26)12-18-15-27-11-10-25(18)14-17-13-23-24-22(17)20-9-5-7-16-6-3-4-8-19(16)20/h3-9,13,18H,2,10-12,14-15H2,1H3,(H,23,24)/t18-/m1/s1. The summed E-state index contributed by atoms with van der Waals surface area (Å²) in [4.78, 5) is 14.3. The van der Waals surface area contributed by atoms with Crippen LogP contribution in [0.4, 0.5) is 0 Å². The maximum Gasteiger partial charge on any atom is 0.307 e. The van der Waals surface area contributed by atoms with Crippen LogP contribution in [0, 0.1) is 0 Å². The molecule has 28 heavy (non-hydrogen) atoms. The van der Waals surface area contributed by atoms with Crippen molar-refractivity contribution >= 4 is 16.7 Å². The number of ether oxygens (including phenoxy) is 2. The lowest BCUT2D eigenvalue weighted by atomic mass is 9.99. The normalized spacial score (nSPS) is 17.7. The number of carbonyl (C=O) groups excluding carboxylic acids is 1.